The minimum atomic E-state index is -0.351. The van der Waals surface area contributed by atoms with E-state index in [1.54, 1.807) is 38.3 Å². The van der Waals surface area contributed by atoms with Crippen molar-refractivity contribution in [1.29, 1.82) is 5.41 Å². The molecule has 0 radical (unpaired) electrons. The highest BCUT2D eigenvalue weighted by molar-refractivity contribution is 6.06. The van der Waals surface area contributed by atoms with Crippen molar-refractivity contribution in [3.8, 4) is 5.75 Å². The molecular formula is C24H31N5O3. The van der Waals surface area contributed by atoms with Crippen LogP contribution in [-0.2, 0) is 9.59 Å². The minimum absolute atomic E-state index is 0.0894. The van der Waals surface area contributed by atoms with Gasteiger partial charge in [-0.3, -0.25) is 9.59 Å². The Bertz CT molecular complexity index is 970. The molecule has 32 heavy (non-hydrogen) atoms. The number of benzene rings is 1. The van der Waals surface area contributed by atoms with E-state index in [9.17, 15) is 9.59 Å². The van der Waals surface area contributed by atoms with E-state index >= 15 is 0 Å². The van der Waals surface area contributed by atoms with Crippen LogP contribution in [0.3, 0.4) is 0 Å². The summed E-state index contributed by atoms with van der Waals surface area (Å²) in [5.74, 6) is 0.282. The summed E-state index contributed by atoms with van der Waals surface area (Å²) in [5.41, 5.74) is 8.84. The van der Waals surface area contributed by atoms with Gasteiger partial charge in [0, 0.05) is 62.3 Å². The maximum Gasteiger partial charge on any atom is 0.255 e. The molecule has 2 rings (SSSR count). The Morgan fingerprint density at radius 2 is 1.88 bits per heavy atom. The van der Waals surface area contributed by atoms with Crippen LogP contribution in [0.15, 0.2) is 65.9 Å². The van der Waals surface area contributed by atoms with Crippen LogP contribution in [0.4, 0.5) is 11.4 Å². The van der Waals surface area contributed by atoms with Crippen LogP contribution in [0, 0.1) is 5.41 Å². The molecule has 0 aliphatic carbocycles. The summed E-state index contributed by atoms with van der Waals surface area (Å²) in [6, 6.07) is 5.60. The first-order valence-corrected chi connectivity index (χ1v) is 10.3. The van der Waals surface area contributed by atoms with E-state index in [0.717, 1.165) is 30.6 Å². The van der Waals surface area contributed by atoms with E-state index in [1.165, 1.54) is 6.08 Å². The number of methoxy groups -OCH3 is 1. The van der Waals surface area contributed by atoms with Crippen LogP contribution in [0.5, 0.6) is 5.75 Å². The highest BCUT2D eigenvalue weighted by atomic mass is 16.5. The number of amides is 2. The van der Waals surface area contributed by atoms with Gasteiger partial charge in [-0.15, -0.1) is 0 Å². The molecule has 1 fully saturated rings. The molecule has 4 N–H and O–H groups in total. The molecule has 1 aliphatic heterocycles. The van der Waals surface area contributed by atoms with Gasteiger partial charge in [-0.25, -0.2) is 0 Å². The molecule has 1 aromatic rings. The van der Waals surface area contributed by atoms with Crippen molar-refractivity contribution in [3.63, 3.8) is 0 Å². The molecule has 8 nitrogen and oxygen atoms in total. The van der Waals surface area contributed by atoms with Crippen LogP contribution < -0.4 is 20.7 Å². The largest absolute Gasteiger partial charge is 0.494 e. The van der Waals surface area contributed by atoms with Gasteiger partial charge < -0.3 is 31.0 Å². The summed E-state index contributed by atoms with van der Waals surface area (Å²) in [6.45, 7) is 10.0. The summed E-state index contributed by atoms with van der Waals surface area (Å²) >= 11 is 0. The third-order valence-electron chi connectivity index (χ3n) is 5.18. The Morgan fingerprint density at radius 3 is 2.47 bits per heavy atom. The number of allylic oxidation sites excluding steroid dienone is 4. The smallest absolute Gasteiger partial charge is 0.255 e. The molecule has 0 atom stereocenters. The normalized spacial score (nSPS) is 15.0. The minimum Gasteiger partial charge on any atom is -0.494 e. The Hall–Kier alpha value is -3.81. The Labute approximate surface area is 189 Å². The Balaban J connectivity index is 2.03. The molecule has 0 bridgehead atoms. The van der Waals surface area contributed by atoms with Crippen molar-refractivity contribution >= 4 is 29.4 Å². The third-order valence-corrected chi connectivity index (χ3v) is 5.18. The summed E-state index contributed by atoms with van der Waals surface area (Å²) in [4.78, 5) is 28.1. The van der Waals surface area contributed by atoms with Crippen molar-refractivity contribution in [3.05, 3.63) is 65.9 Å². The van der Waals surface area contributed by atoms with E-state index in [2.05, 4.69) is 16.8 Å². The maximum absolute atomic E-state index is 12.5. The molecule has 2 amide bonds. The van der Waals surface area contributed by atoms with Gasteiger partial charge in [-0.1, -0.05) is 24.8 Å². The molecule has 1 aromatic carbocycles. The lowest BCUT2D eigenvalue weighted by Crippen LogP contribution is -2.48. The fraction of sp³-hybridized carbons (Fsp3) is 0.292. The zero-order valence-electron chi connectivity index (χ0n) is 18.9. The van der Waals surface area contributed by atoms with Gasteiger partial charge in [-0.2, -0.15) is 0 Å². The van der Waals surface area contributed by atoms with E-state index < -0.39 is 0 Å². The van der Waals surface area contributed by atoms with Gasteiger partial charge in [0.05, 0.1) is 12.8 Å². The predicted molar refractivity (Wildman–Crippen MR) is 129 cm³/mol. The second-order valence-electron chi connectivity index (χ2n) is 7.35. The Kier molecular flexibility index (Phi) is 8.83. The molecule has 0 aromatic heterocycles. The topological polar surface area (TPSA) is 112 Å². The second kappa shape index (κ2) is 11.5. The van der Waals surface area contributed by atoms with Crippen LogP contribution in [0.2, 0.25) is 0 Å². The predicted octanol–water partition coefficient (Wildman–Crippen LogP) is 2.85. The highest BCUT2D eigenvalue weighted by Crippen LogP contribution is 2.30. The first-order valence-electron chi connectivity index (χ1n) is 10.3. The molecule has 8 heteroatoms. The number of hydrogen-bond donors (Lipinski definition) is 3. The zero-order valence-corrected chi connectivity index (χ0v) is 18.9. The van der Waals surface area contributed by atoms with Gasteiger partial charge in [0.15, 0.2) is 0 Å². The Morgan fingerprint density at radius 1 is 1.19 bits per heavy atom. The number of rotatable bonds is 8. The number of hydrogen-bond acceptors (Lipinski definition) is 6. The number of piperazine rings is 1. The molecule has 1 aliphatic rings. The van der Waals surface area contributed by atoms with E-state index in [1.807, 2.05) is 24.0 Å². The summed E-state index contributed by atoms with van der Waals surface area (Å²) in [5, 5.41) is 9.86. The molecule has 0 spiro atoms. The van der Waals surface area contributed by atoms with Gasteiger partial charge in [-0.05, 0) is 30.7 Å². The summed E-state index contributed by atoms with van der Waals surface area (Å²) in [6.07, 6.45) is 7.62. The fourth-order valence-electron chi connectivity index (χ4n) is 3.16. The highest BCUT2D eigenvalue weighted by Gasteiger charge is 2.20. The number of carbonyl (C=O) groups excluding carboxylic acids is 2. The van der Waals surface area contributed by atoms with E-state index in [-0.39, 0.29) is 17.4 Å². The van der Waals surface area contributed by atoms with Gasteiger partial charge in [0.1, 0.15) is 5.75 Å². The lowest BCUT2D eigenvalue weighted by molar-refractivity contribution is -0.129. The monoisotopic (exact) mass is 437 g/mol. The van der Waals surface area contributed by atoms with Gasteiger partial charge in [0.25, 0.3) is 5.91 Å². The van der Waals surface area contributed by atoms with Gasteiger partial charge in [0.2, 0.25) is 5.91 Å². The number of nitrogens with two attached hydrogens (primary N) is 1. The number of nitrogens with one attached hydrogen (secondary N) is 2. The van der Waals surface area contributed by atoms with Crippen LogP contribution in [0.25, 0.3) is 0 Å². The SMILES string of the molecule is C=C(\C=C/C=C(C)/C(N)=C/C=N)C(=O)Nc1ccc(N2CCN(C(C)=O)CC2)cc1OC. The summed E-state index contributed by atoms with van der Waals surface area (Å²) in [7, 11) is 1.55. The first-order chi connectivity index (χ1) is 15.3. The number of nitrogens with zero attached hydrogens (tertiary/aromatic N) is 2. The molecule has 170 valence electrons. The second-order valence-corrected chi connectivity index (χ2v) is 7.35. The average molecular weight is 438 g/mol. The van der Waals surface area contributed by atoms with E-state index in [0.29, 0.717) is 30.2 Å². The van der Waals surface area contributed by atoms with Crippen LogP contribution in [-0.4, -0.2) is 56.2 Å². The van der Waals surface area contributed by atoms with Crippen LogP contribution >= 0.6 is 0 Å². The fourth-order valence-corrected chi connectivity index (χ4v) is 3.16. The standard InChI is InChI=1S/C24H31N5O3/c1-17(21(26)10-11-25)6-5-7-18(2)24(31)27-22-9-8-20(16-23(22)32-4)29-14-12-28(13-15-29)19(3)30/h5-11,16,25H,2,12-15,26H2,1,3-4H3,(H,27,31)/b7-5-,17-6+,21-10-,25-11?. The number of anilines is 2. The van der Waals surface area contributed by atoms with Crippen molar-refractivity contribution < 1.29 is 14.3 Å². The number of carbonyl (C=O) groups is 2. The number of ether oxygens (including phenoxy) is 1. The molecule has 1 saturated heterocycles. The quantitative estimate of drug-likeness (QED) is 0.329. The van der Waals surface area contributed by atoms with Crippen LogP contribution in [0.1, 0.15) is 13.8 Å². The van der Waals surface area contributed by atoms with Crippen molar-refractivity contribution in [2.45, 2.75) is 13.8 Å². The average Bonchev–Trinajstić information content (AvgIpc) is 2.79. The zero-order chi connectivity index (χ0) is 23.7. The van der Waals surface area contributed by atoms with Crippen molar-refractivity contribution in [2.75, 3.05) is 43.5 Å². The third kappa shape index (κ3) is 6.60. The molecular weight excluding hydrogens is 406 g/mol. The van der Waals surface area contributed by atoms with Gasteiger partial charge >= 0.3 is 0 Å². The molecule has 1 heterocycles. The lowest BCUT2D eigenvalue weighted by atomic mass is 10.1. The van der Waals surface area contributed by atoms with Crippen molar-refractivity contribution in [1.82, 2.24) is 4.90 Å². The van der Waals surface area contributed by atoms with E-state index in [4.69, 9.17) is 15.9 Å². The van der Waals surface area contributed by atoms with Crippen molar-refractivity contribution in [2.24, 2.45) is 5.73 Å². The lowest BCUT2D eigenvalue weighted by Gasteiger charge is -2.35. The maximum atomic E-state index is 12.5. The molecule has 0 saturated carbocycles. The molecule has 0 unspecified atom stereocenters. The summed E-state index contributed by atoms with van der Waals surface area (Å²) < 4.78 is 5.48. The first kappa shape index (κ1) is 24.5.